The largest absolute Gasteiger partial charge is 0.480 e. The lowest BCUT2D eigenvalue weighted by Gasteiger charge is -2.07. The third kappa shape index (κ3) is 2.92. The fourth-order valence-electron chi connectivity index (χ4n) is 2.94. The number of carboxylic acid groups (broad SMARTS) is 1. The highest BCUT2D eigenvalue weighted by molar-refractivity contribution is 6.04. The lowest BCUT2D eigenvalue weighted by atomic mass is 10.1. The quantitative estimate of drug-likeness (QED) is 0.645. The average molecular weight is 307 g/mol. The zero-order chi connectivity index (χ0) is 15.7. The molecular formula is C13H17N5O4. The number of rotatable bonds is 5. The third-order valence-corrected chi connectivity index (χ3v) is 4.02. The number of nitrogens with one attached hydrogen (secondary N) is 2. The van der Waals surface area contributed by atoms with E-state index in [1.54, 1.807) is 0 Å². The maximum atomic E-state index is 11.6. The second-order valence-electron chi connectivity index (χ2n) is 5.64. The molecular weight excluding hydrogens is 290 g/mol. The first-order valence-corrected chi connectivity index (χ1v) is 7.29. The van der Waals surface area contributed by atoms with Crippen molar-refractivity contribution in [1.82, 2.24) is 25.4 Å². The van der Waals surface area contributed by atoms with Gasteiger partial charge in [0.25, 0.3) is 5.91 Å². The normalized spacial score (nSPS) is 21.9. The molecule has 0 bridgehead atoms. The lowest BCUT2D eigenvalue weighted by molar-refractivity contribution is -0.138. The maximum Gasteiger partial charge on any atom is 0.325 e. The maximum absolute atomic E-state index is 11.6. The number of urea groups is 1. The van der Waals surface area contributed by atoms with Crippen LogP contribution in [-0.4, -0.2) is 43.8 Å². The average Bonchev–Trinajstić information content (AvgIpc) is 3.12. The zero-order valence-corrected chi connectivity index (χ0v) is 11.9. The van der Waals surface area contributed by atoms with Crippen LogP contribution in [0, 0.1) is 0 Å². The zero-order valence-electron chi connectivity index (χ0n) is 11.9. The van der Waals surface area contributed by atoms with Crippen LogP contribution in [0.2, 0.25) is 0 Å². The van der Waals surface area contributed by atoms with Crippen LogP contribution in [0.1, 0.15) is 43.3 Å². The highest BCUT2D eigenvalue weighted by Crippen LogP contribution is 2.32. The van der Waals surface area contributed by atoms with Crippen LogP contribution >= 0.6 is 0 Å². The van der Waals surface area contributed by atoms with Crippen LogP contribution in [0.5, 0.6) is 0 Å². The van der Waals surface area contributed by atoms with E-state index in [0.29, 0.717) is 11.6 Å². The van der Waals surface area contributed by atoms with Gasteiger partial charge in [0.15, 0.2) is 5.82 Å². The van der Waals surface area contributed by atoms with E-state index in [4.69, 9.17) is 5.11 Å². The molecule has 3 N–H and O–H groups in total. The van der Waals surface area contributed by atoms with Gasteiger partial charge in [-0.25, -0.2) is 14.5 Å². The Kier molecular flexibility index (Phi) is 3.78. The molecule has 3 amide bonds. The first-order valence-electron chi connectivity index (χ1n) is 7.29. The van der Waals surface area contributed by atoms with Crippen LogP contribution in [-0.2, 0) is 22.6 Å². The lowest BCUT2D eigenvalue weighted by Crippen LogP contribution is -2.32. The van der Waals surface area contributed by atoms with Crippen molar-refractivity contribution in [2.45, 2.75) is 50.6 Å². The second kappa shape index (κ2) is 5.74. The number of carbonyl (C=O) groups is 3. The summed E-state index contributed by atoms with van der Waals surface area (Å²) in [5.41, 5.74) is 0. The Hall–Kier alpha value is -2.45. The van der Waals surface area contributed by atoms with Crippen molar-refractivity contribution >= 4 is 17.9 Å². The van der Waals surface area contributed by atoms with Crippen LogP contribution < -0.4 is 10.6 Å². The summed E-state index contributed by atoms with van der Waals surface area (Å²) >= 11 is 0. The van der Waals surface area contributed by atoms with Crippen molar-refractivity contribution in [3.8, 4) is 0 Å². The van der Waals surface area contributed by atoms with E-state index in [0.717, 1.165) is 25.7 Å². The second-order valence-corrected chi connectivity index (χ2v) is 5.64. The molecule has 0 spiro atoms. The monoisotopic (exact) mass is 307 g/mol. The minimum Gasteiger partial charge on any atom is -0.480 e. The van der Waals surface area contributed by atoms with Gasteiger partial charge in [-0.2, -0.15) is 5.10 Å². The van der Waals surface area contributed by atoms with Crippen molar-refractivity contribution in [2.24, 2.45) is 0 Å². The molecule has 3 rings (SSSR count). The van der Waals surface area contributed by atoms with Gasteiger partial charge in [-0.3, -0.25) is 14.9 Å². The van der Waals surface area contributed by atoms with Crippen molar-refractivity contribution in [2.75, 3.05) is 0 Å². The van der Waals surface area contributed by atoms with Crippen LogP contribution in [0.25, 0.3) is 0 Å². The van der Waals surface area contributed by atoms with E-state index in [2.05, 4.69) is 20.7 Å². The van der Waals surface area contributed by atoms with Gasteiger partial charge in [-0.05, 0) is 12.8 Å². The van der Waals surface area contributed by atoms with Gasteiger partial charge in [0, 0.05) is 12.3 Å². The topological polar surface area (TPSA) is 126 Å². The molecule has 22 heavy (non-hydrogen) atoms. The molecule has 2 aliphatic rings. The van der Waals surface area contributed by atoms with E-state index < -0.39 is 23.9 Å². The molecule has 0 radical (unpaired) electrons. The minimum absolute atomic E-state index is 0.130. The molecule has 1 aromatic rings. The molecule has 1 atom stereocenters. The highest BCUT2D eigenvalue weighted by atomic mass is 16.4. The van der Waals surface area contributed by atoms with Crippen molar-refractivity contribution in [1.29, 1.82) is 0 Å². The van der Waals surface area contributed by atoms with E-state index in [9.17, 15) is 14.4 Å². The summed E-state index contributed by atoms with van der Waals surface area (Å²) < 4.78 is 1.31. The van der Waals surface area contributed by atoms with Gasteiger partial charge in [-0.15, -0.1) is 0 Å². The molecule has 2 fully saturated rings. The summed E-state index contributed by atoms with van der Waals surface area (Å²) in [7, 11) is 0. The van der Waals surface area contributed by atoms with Gasteiger partial charge in [0.1, 0.15) is 18.4 Å². The number of carbonyl (C=O) groups excluding carboxylic acids is 2. The fraction of sp³-hybridized carbons (Fsp3) is 0.615. The summed E-state index contributed by atoms with van der Waals surface area (Å²) in [4.78, 5) is 38.2. The highest BCUT2D eigenvalue weighted by Gasteiger charge is 2.32. The van der Waals surface area contributed by atoms with Crippen molar-refractivity contribution in [3.05, 3.63) is 11.6 Å². The molecule has 0 aromatic carbocycles. The minimum atomic E-state index is -1.02. The molecule has 1 aromatic heterocycles. The Labute approximate surface area is 126 Å². The van der Waals surface area contributed by atoms with E-state index in [1.165, 1.54) is 4.68 Å². The van der Waals surface area contributed by atoms with Gasteiger partial charge in [-0.1, -0.05) is 12.8 Å². The van der Waals surface area contributed by atoms with Gasteiger partial charge < -0.3 is 10.4 Å². The van der Waals surface area contributed by atoms with E-state index in [1.807, 2.05) is 0 Å². The standard InChI is InChI=1S/C13H17N5O4/c19-10(20)6-18-9(5-8-12(21)16-13(22)14-8)15-11(17-18)7-3-1-2-4-7/h7-8H,1-6H2,(H,19,20)(H2,14,16,21,22). The third-order valence-electron chi connectivity index (χ3n) is 4.02. The van der Waals surface area contributed by atoms with Gasteiger partial charge >= 0.3 is 12.0 Å². The molecule has 1 aliphatic carbocycles. The molecule has 118 valence electrons. The smallest absolute Gasteiger partial charge is 0.325 e. The van der Waals surface area contributed by atoms with Gasteiger partial charge in [0.05, 0.1) is 0 Å². The Morgan fingerprint density at radius 1 is 1.32 bits per heavy atom. The summed E-state index contributed by atoms with van der Waals surface area (Å²) in [6, 6.07) is -1.28. The Morgan fingerprint density at radius 2 is 2.05 bits per heavy atom. The molecule has 1 saturated heterocycles. The van der Waals surface area contributed by atoms with Crippen molar-refractivity contribution < 1.29 is 19.5 Å². The summed E-state index contributed by atoms with van der Waals surface area (Å²) in [6.07, 6.45) is 4.36. The SMILES string of the molecule is O=C(O)Cn1nc(C2CCCC2)nc1CC1NC(=O)NC1=O. The summed E-state index contributed by atoms with van der Waals surface area (Å²) in [6.45, 7) is -0.308. The molecule has 9 heteroatoms. The van der Waals surface area contributed by atoms with E-state index in [-0.39, 0.29) is 18.9 Å². The predicted octanol–water partition coefficient (Wildman–Crippen LogP) is -0.229. The molecule has 1 aliphatic heterocycles. The molecule has 9 nitrogen and oxygen atoms in total. The number of hydrogen-bond donors (Lipinski definition) is 3. The van der Waals surface area contributed by atoms with Crippen LogP contribution in [0.15, 0.2) is 0 Å². The number of aliphatic carboxylic acids is 1. The first-order chi connectivity index (χ1) is 10.5. The number of amides is 3. The van der Waals surface area contributed by atoms with Crippen LogP contribution in [0.3, 0.4) is 0 Å². The molecule has 1 unspecified atom stereocenters. The van der Waals surface area contributed by atoms with Crippen LogP contribution in [0.4, 0.5) is 4.79 Å². The predicted molar refractivity (Wildman–Crippen MR) is 73.0 cm³/mol. The Bertz CT molecular complexity index is 620. The Balaban J connectivity index is 1.82. The van der Waals surface area contributed by atoms with E-state index >= 15 is 0 Å². The molecule has 1 saturated carbocycles. The summed E-state index contributed by atoms with van der Waals surface area (Å²) in [5.74, 6) is -0.160. The first kappa shape index (κ1) is 14.5. The number of hydrogen-bond acceptors (Lipinski definition) is 5. The van der Waals surface area contributed by atoms with Gasteiger partial charge in [0.2, 0.25) is 0 Å². The number of imide groups is 1. The summed E-state index contributed by atoms with van der Waals surface area (Å²) in [5, 5.41) is 17.9. The number of carboxylic acids is 1. The molecule has 2 heterocycles. The Morgan fingerprint density at radius 3 is 2.64 bits per heavy atom. The number of nitrogens with zero attached hydrogens (tertiary/aromatic N) is 3. The van der Waals surface area contributed by atoms with Crippen molar-refractivity contribution in [3.63, 3.8) is 0 Å². The fourth-order valence-corrected chi connectivity index (χ4v) is 2.94. The number of aromatic nitrogens is 3.